The summed E-state index contributed by atoms with van der Waals surface area (Å²) in [6, 6.07) is 9.47. The van der Waals surface area contributed by atoms with Crippen molar-refractivity contribution >= 4 is 0 Å². The van der Waals surface area contributed by atoms with Crippen LogP contribution in [0.4, 0.5) is 0 Å². The molecular formula is C16H26N2. The molecule has 18 heavy (non-hydrogen) atoms. The fourth-order valence-corrected chi connectivity index (χ4v) is 3.04. The van der Waals surface area contributed by atoms with Crippen LogP contribution in [0.1, 0.15) is 43.9 Å². The highest BCUT2D eigenvalue weighted by atomic mass is 15.1. The molecule has 1 unspecified atom stereocenters. The van der Waals surface area contributed by atoms with Crippen molar-refractivity contribution in [1.29, 1.82) is 0 Å². The van der Waals surface area contributed by atoms with Crippen molar-refractivity contribution in [3.05, 3.63) is 35.4 Å². The Hall–Kier alpha value is -0.860. The predicted octanol–water partition coefficient (Wildman–Crippen LogP) is 2.98. The van der Waals surface area contributed by atoms with Gasteiger partial charge in [0.15, 0.2) is 0 Å². The summed E-state index contributed by atoms with van der Waals surface area (Å²) < 4.78 is 0. The van der Waals surface area contributed by atoms with Crippen molar-refractivity contribution in [2.75, 3.05) is 20.1 Å². The molecule has 0 fully saturated rings. The summed E-state index contributed by atoms with van der Waals surface area (Å²) in [5.74, 6) is 0. The third-order valence-electron chi connectivity index (χ3n) is 4.10. The number of nitrogens with two attached hydrogens (primary N) is 1. The van der Waals surface area contributed by atoms with Crippen molar-refractivity contribution < 1.29 is 0 Å². The second-order valence-corrected chi connectivity index (χ2v) is 6.39. The first kappa shape index (κ1) is 13.6. The molecule has 100 valence electrons. The number of aryl methyl sites for hydroxylation is 1. The maximum atomic E-state index is 5.85. The molecule has 1 aromatic carbocycles. The summed E-state index contributed by atoms with van der Waals surface area (Å²) in [7, 11) is 2.24. The number of rotatable bonds is 4. The van der Waals surface area contributed by atoms with Crippen LogP contribution in [0.3, 0.4) is 0 Å². The van der Waals surface area contributed by atoms with Crippen molar-refractivity contribution in [2.24, 2.45) is 11.1 Å². The molecule has 0 aliphatic heterocycles. The van der Waals surface area contributed by atoms with Gasteiger partial charge >= 0.3 is 0 Å². The van der Waals surface area contributed by atoms with Crippen LogP contribution < -0.4 is 5.73 Å². The van der Waals surface area contributed by atoms with E-state index in [1.807, 2.05) is 0 Å². The molecule has 2 heteroatoms. The number of hydrogen-bond donors (Lipinski definition) is 1. The molecule has 0 aromatic heterocycles. The highest BCUT2D eigenvalue weighted by Crippen LogP contribution is 2.34. The normalized spacial score (nSPS) is 19.9. The van der Waals surface area contributed by atoms with E-state index >= 15 is 0 Å². The number of hydrogen-bond acceptors (Lipinski definition) is 2. The standard InChI is InChI=1S/C16H26N2/c1-16(2,11-17)12-18(3)15-10-6-8-13-7-4-5-9-14(13)15/h4-5,7,9,15H,6,8,10-12,17H2,1-3H3. The van der Waals surface area contributed by atoms with Crippen LogP contribution in [-0.2, 0) is 6.42 Å². The Morgan fingerprint density at radius 1 is 1.33 bits per heavy atom. The van der Waals surface area contributed by atoms with Crippen LogP contribution in [0.2, 0.25) is 0 Å². The number of fused-ring (bicyclic) bond motifs is 1. The molecule has 1 aliphatic carbocycles. The first-order valence-electron chi connectivity index (χ1n) is 7.01. The van der Waals surface area contributed by atoms with Crippen molar-refractivity contribution in [2.45, 2.75) is 39.2 Å². The quantitative estimate of drug-likeness (QED) is 0.885. The zero-order chi connectivity index (χ0) is 13.2. The van der Waals surface area contributed by atoms with Crippen molar-refractivity contribution in [1.82, 2.24) is 4.90 Å². The van der Waals surface area contributed by atoms with E-state index < -0.39 is 0 Å². The van der Waals surface area contributed by atoms with E-state index in [1.165, 1.54) is 30.4 Å². The van der Waals surface area contributed by atoms with Gasteiger partial charge in [-0.25, -0.2) is 0 Å². The van der Waals surface area contributed by atoms with Crippen LogP contribution in [0.5, 0.6) is 0 Å². The first-order chi connectivity index (χ1) is 8.53. The topological polar surface area (TPSA) is 29.3 Å². The third kappa shape index (κ3) is 2.93. The largest absolute Gasteiger partial charge is 0.330 e. The minimum Gasteiger partial charge on any atom is -0.330 e. The van der Waals surface area contributed by atoms with Crippen LogP contribution in [0.25, 0.3) is 0 Å². The van der Waals surface area contributed by atoms with Crippen LogP contribution in [0.15, 0.2) is 24.3 Å². The fraction of sp³-hybridized carbons (Fsp3) is 0.625. The molecule has 0 bridgehead atoms. The average Bonchev–Trinajstić information content (AvgIpc) is 2.37. The van der Waals surface area contributed by atoms with Gasteiger partial charge in [0.2, 0.25) is 0 Å². The van der Waals surface area contributed by atoms with E-state index in [1.54, 1.807) is 0 Å². The van der Waals surface area contributed by atoms with Crippen molar-refractivity contribution in [3.8, 4) is 0 Å². The lowest BCUT2D eigenvalue weighted by Crippen LogP contribution is -2.39. The summed E-state index contributed by atoms with van der Waals surface area (Å²) >= 11 is 0. The summed E-state index contributed by atoms with van der Waals surface area (Å²) in [6.07, 6.45) is 3.81. The molecule has 0 heterocycles. The Morgan fingerprint density at radius 2 is 2.06 bits per heavy atom. The Kier molecular flexibility index (Phi) is 4.08. The van der Waals surface area contributed by atoms with Gasteiger partial charge in [-0.2, -0.15) is 0 Å². The zero-order valence-corrected chi connectivity index (χ0v) is 11.9. The minimum atomic E-state index is 0.196. The van der Waals surface area contributed by atoms with Gasteiger partial charge in [-0.05, 0) is 49.4 Å². The molecule has 1 aliphatic rings. The molecule has 1 atom stereocenters. The van der Waals surface area contributed by atoms with Crippen molar-refractivity contribution in [3.63, 3.8) is 0 Å². The average molecular weight is 246 g/mol. The van der Waals surface area contributed by atoms with Gasteiger partial charge in [-0.3, -0.25) is 4.90 Å². The van der Waals surface area contributed by atoms with Crippen LogP contribution >= 0.6 is 0 Å². The molecule has 0 radical (unpaired) electrons. The van der Waals surface area contributed by atoms with Crippen LogP contribution in [-0.4, -0.2) is 25.0 Å². The SMILES string of the molecule is CN(CC(C)(C)CN)C1CCCc2ccccc21. The van der Waals surface area contributed by atoms with Crippen LogP contribution in [0, 0.1) is 5.41 Å². The summed E-state index contributed by atoms with van der Waals surface area (Å²) in [4.78, 5) is 2.49. The number of nitrogens with zero attached hydrogens (tertiary/aromatic N) is 1. The Labute approximate surface area is 111 Å². The van der Waals surface area contributed by atoms with Gasteiger partial charge in [0.05, 0.1) is 0 Å². The molecule has 0 saturated carbocycles. The number of benzene rings is 1. The highest BCUT2D eigenvalue weighted by Gasteiger charge is 2.27. The van der Waals surface area contributed by atoms with Gasteiger partial charge in [-0.1, -0.05) is 38.1 Å². The van der Waals surface area contributed by atoms with Gasteiger partial charge in [0.1, 0.15) is 0 Å². The second kappa shape index (κ2) is 5.41. The zero-order valence-electron chi connectivity index (χ0n) is 11.9. The monoisotopic (exact) mass is 246 g/mol. The predicted molar refractivity (Wildman–Crippen MR) is 77.6 cm³/mol. The third-order valence-corrected chi connectivity index (χ3v) is 4.10. The molecule has 0 spiro atoms. The molecule has 0 saturated heterocycles. The maximum absolute atomic E-state index is 5.85. The Bertz CT molecular complexity index is 398. The molecule has 0 amide bonds. The summed E-state index contributed by atoms with van der Waals surface area (Å²) in [5, 5.41) is 0. The smallest absolute Gasteiger partial charge is 0.0348 e. The molecule has 2 nitrogen and oxygen atoms in total. The first-order valence-corrected chi connectivity index (χ1v) is 7.01. The van der Waals surface area contributed by atoms with Gasteiger partial charge in [-0.15, -0.1) is 0 Å². The van der Waals surface area contributed by atoms with Gasteiger partial charge in [0.25, 0.3) is 0 Å². The van der Waals surface area contributed by atoms with E-state index in [4.69, 9.17) is 5.73 Å². The fourth-order valence-electron chi connectivity index (χ4n) is 3.04. The lowest BCUT2D eigenvalue weighted by Gasteiger charge is -2.37. The summed E-state index contributed by atoms with van der Waals surface area (Å²) in [6.45, 7) is 6.30. The lowest BCUT2D eigenvalue weighted by atomic mass is 9.85. The molecular weight excluding hydrogens is 220 g/mol. The van der Waals surface area contributed by atoms with E-state index in [2.05, 4.69) is 50.1 Å². The molecule has 1 aromatic rings. The maximum Gasteiger partial charge on any atom is 0.0348 e. The Morgan fingerprint density at radius 3 is 2.78 bits per heavy atom. The van der Waals surface area contributed by atoms with E-state index in [9.17, 15) is 0 Å². The summed E-state index contributed by atoms with van der Waals surface area (Å²) in [5.41, 5.74) is 9.11. The Balaban J connectivity index is 2.15. The van der Waals surface area contributed by atoms with Gasteiger partial charge in [0, 0.05) is 12.6 Å². The minimum absolute atomic E-state index is 0.196. The van der Waals surface area contributed by atoms with E-state index in [0.717, 1.165) is 13.1 Å². The highest BCUT2D eigenvalue weighted by molar-refractivity contribution is 5.32. The van der Waals surface area contributed by atoms with E-state index in [-0.39, 0.29) is 5.41 Å². The van der Waals surface area contributed by atoms with E-state index in [0.29, 0.717) is 6.04 Å². The van der Waals surface area contributed by atoms with Gasteiger partial charge < -0.3 is 5.73 Å². The molecule has 2 rings (SSSR count). The lowest BCUT2D eigenvalue weighted by molar-refractivity contribution is 0.152. The second-order valence-electron chi connectivity index (χ2n) is 6.39. The molecule has 2 N–H and O–H groups in total.